The van der Waals surface area contributed by atoms with E-state index in [9.17, 15) is 5.11 Å². The molecule has 0 radical (unpaired) electrons. The summed E-state index contributed by atoms with van der Waals surface area (Å²) in [5.41, 5.74) is 6.68. The third-order valence-electron chi connectivity index (χ3n) is 2.33. The zero-order valence-corrected chi connectivity index (χ0v) is 10.2. The molecule has 0 spiro atoms. The molecule has 0 aromatic rings. The molecule has 0 bridgehead atoms. The van der Waals surface area contributed by atoms with Gasteiger partial charge in [0, 0.05) is 0 Å². The molecule has 2 nitrogen and oxygen atoms in total. The minimum atomic E-state index is -0.390. The van der Waals surface area contributed by atoms with Crippen LogP contribution in [0.2, 0.25) is 0 Å². The van der Waals surface area contributed by atoms with E-state index in [1.165, 1.54) is 0 Å². The van der Waals surface area contributed by atoms with Gasteiger partial charge in [0.1, 0.15) is 0 Å². The molecule has 0 aromatic heterocycles. The second-order valence-electron chi connectivity index (χ2n) is 4.59. The molecule has 0 aromatic carbocycles. The van der Waals surface area contributed by atoms with Gasteiger partial charge in [0.15, 0.2) is 0 Å². The number of rotatable bonds is 7. The quantitative estimate of drug-likeness (QED) is 0.636. The molecule has 2 atom stereocenters. The summed E-state index contributed by atoms with van der Waals surface area (Å²) in [5, 5.41) is 9.92. The van der Waals surface area contributed by atoms with Crippen LogP contribution in [0.15, 0.2) is 24.3 Å². The van der Waals surface area contributed by atoms with Crippen LogP contribution >= 0.6 is 0 Å². The maximum absolute atomic E-state index is 9.92. The van der Waals surface area contributed by atoms with Crippen molar-refractivity contribution in [1.82, 2.24) is 0 Å². The Hall–Kier alpha value is -0.600. The van der Waals surface area contributed by atoms with E-state index in [1.54, 1.807) is 6.08 Å². The number of aliphatic hydroxyl groups is 1. The molecule has 88 valence electrons. The zero-order chi connectivity index (χ0) is 11.8. The van der Waals surface area contributed by atoms with Crippen LogP contribution in [0.3, 0.4) is 0 Å². The maximum atomic E-state index is 9.92. The van der Waals surface area contributed by atoms with Gasteiger partial charge in [-0.1, -0.05) is 32.9 Å². The molecule has 0 fully saturated rings. The highest BCUT2D eigenvalue weighted by molar-refractivity contribution is 5.11. The van der Waals surface area contributed by atoms with Crippen molar-refractivity contribution in [3.8, 4) is 0 Å². The van der Waals surface area contributed by atoms with Crippen LogP contribution in [0.25, 0.3) is 0 Å². The van der Waals surface area contributed by atoms with Crippen LogP contribution in [-0.4, -0.2) is 17.8 Å². The van der Waals surface area contributed by atoms with Crippen molar-refractivity contribution in [2.45, 2.75) is 39.7 Å². The van der Waals surface area contributed by atoms with E-state index in [2.05, 4.69) is 33.4 Å². The summed E-state index contributed by atoms with van der Waals surface area (Å²) in [6, 6.07) is 0. The molecule has 0 saturated heterocycles. The minimum absolute atomic E-state index is 0.332. The first-order valence-corrected chi connectivity index (χ1v) is 5.70. The lowest BCUT2D eigenvalue weighted by Gasteiger charge is -2.17. The molecule has 15 heavy (non-hydrogen) atoms. The van der Waals surface area contributed by atoms with E-state index < -0.39 is 0 Å². The van der Waals surface area contributed by atoms with Gasteiger partial charge in [0.2, 0.25) is 0 Å². The fraction of sp³-hybridized carbons (Fsp3) is 0.692. The summed E-state index contributed by atoms with van der Waals surface area (Å²) in [7, 11) is 0. The van der Waals surface area contributed by atoms with E-state index in [1.807, 2.05) is 0 Å². The lowest BCUT2D eigenvalue weighted by Crippen LogP contribution is -2.15. The average Bonchev–Trinajstić information content (AvgIpc) is 2.16. The van der Waals surface area contributed by atoms with Gasteiger partial charge in [0.25, 0.3) is 0 Å². The monoisotopic (exact) mass is 211 g/mol. The second kappa shape index (κ2) is 7.66. The molecular formula is C13H25NO. The Balaban J connectivity index is 4.55. The number of nitrogens with two attached hydrogens (primary N) is 1. The predicted octanol–water partition coefficient (Wildman–Crippen LogP) is 2.49. The first-order chi connectivity index (χ1) is 7.01. The number of hydrogen-bond acceptors (Lipinski definition) is 2. The molecule has 0 rings (SSSR count). The van der Waals surface area contributed by atoms with Crippen LogP contribution in [0.5, 0.6) is 0 Å². The SMILES string of the molecule is C=CCC(O)/C(=C/[C@@H](C)CN)CC(C)C. The average molecular weight is 211 g/mol. The van der Waals surface area contributed by atoms with E-state index >= 15 is 0 Å². The van der Waals surface area contributed by atoms with Crippen molar-refractivity contribution in [3.63, 3.8) is 0 Å². The smallest absolute Gasteiger partial charge is 0.0784 e. The third kappa shape index (κ3) is 6.47. The molecule has 0 amide bonds. The van der Waals surface area contributed by atoms with Gasteiger partial charge in [-0.15, -0.1) is 6.58 Å². The van der Waals surface area contributed by atoms with Crippen LogP contribution in [0.1, 0.15) is 33.6 Å². The summed E-state index contributed by atoms with van der Waals surface area (Å²) in [4.78, 5) is 0. The molecule has 0 heterocycles. The Kier molecular flexibility index (Phi) is 7.35. The highest BCUT2D eigenvalue weighted by atomic mass is 16.3. The minimum Gasteiger partial charge on any atom is -0.388 e. The third-order valence-corrected chi connectivity index (χ3v) is 2.33. The Morgan fingerprint density at radius 3 is 2.40 bits per heavy atom. The van der Waals surface area contributed by atoms with Crippen LogP contribution in [-0.2, 0) is 0 Å². The molecule has 0 saturated carbocycles. The summed E-state index contributed by atoms with van der Waals surface area (Å²) in [6.07, 6.45) is 5.02. The zero-order valence-electron chi connectivity index (χ0n) is 10.2. The lowest BCUT2D eigenvalue weighted by molar-refractivity contribution is 0.206. The Morgan fingerprint density at radius 2 is 2.00 bits per heavy atom. The van der Waals surface area contributed by atoms with Crippen molar-refractivity contribution < 1.29 is 5.11 Å². The van der Waals surface area contributed by atoms with Crippen molar-refractivity contribution in [2.75, 3.05) is 6.54 Å². The van der Waals surface area contributed by atoms with Crippen LogP contribution in [0, 0.1) is 11.8 Å². The summed E-state index contributed by atoms with van der Waals surface area (Å²) in [5.74, 6) is 0.888. The van der Waals surface area contributed by atoms with Gasteiger partial charge >= 0.3 is 0 Å². The molecule has 0 aliphatic carbocycles. The van der Waals surface area contributed by atoms with E-state index in [0.717, 1.165) is 12.0 Å². The first kappa shape index (κ1) is 14.4. The highest BCUT2D eigenvalue weighted by Crippen LogP contribution is 2.19. The second-order valence-corrected chi connectivity index (χ2v) is 4.59. The molecule has 1 unspecified atom stereocenters. The largest absolute Gasteiger partial charge is 0.388 e. The van der Waals surface area contributed by atoms with Crippen molar-refractivity contribution in [3.05, 3.63) is 24.3 Å². The topological polar surface area (TPSA) is 46.2 Å². The standard InChI is InChI=1S/C13H25NO/c1-5-6-13(15)12(7-10(2)3)8-11(4)9-14/h5,8,10-11,13,15H,1,6-7,9,14H2,2-4H3/b12-8+/t11-,13?/m1/s1. The molecule has 0 aliphatic rings. The summed E-state index contributed by atoms with van der Waals surface area (Å²) in [6.45, 7) is 10.7. The molecule has 2 heteroatoms. The number of aliphatic hydroxyl groups excluding tert-OH is 1. The predicted molar refractivity (Wildman–Crippen MR) is 66.6 cm³/mol. The van der Waals surface area contributed by atoms with Gasteiger partial charge < -0.3 is 10.8 Å². The normalized spacial score (nSPS) is 16.5. The van der Waals surface area contributed by atoms with E-state index in [-0.39, 0.29) is 6.10 Å². The van der Waals surface area contributed by atoms with E-state index in [0.29, 0.717) is 24.8 Å². The number of hydrogen-bond donors (Lipinski definition) is 2. The maximum Gasteiger partial charge on any atom is 0.0784 e. The molecule has 3 N–H and O–H groups in total. The first-order valence-electron chi connectivity index (χ1n) is 5.70. The lowest BCUT2D eigenvalue weighted by atomic mass is 9.93. The Labute approximate surface area is 93.9 Å². The Bertz CT molecular complexity index is 209. The van der Waals surface area contributed by atoms with Crippen molar-refractivity contribution in [2.24, 2.45) is 17.6 Å². The van der Waals surface area contributed by atoms with Gasteiger partial charge in [-0.25, -0.2) is 0 Å². The van der Waals surface area contributed by atoms with E-state index in [4.69, 9.17) is 5.73 Å². The van der Waals surface area contributed by atoms with Gasteiger partial charge in [-0.2, -0.15) is 0 Å². The summed E-state index contributed by atoms with van der Waals surface area (Å²) >= 11 is 0. The fourth-order valence-corrected chi connectivity index (χ4v) is 1.53. The van der Waals surface area contributed by atoms with Crippen molar-refractivity contribution >= 4 is 0 Å². The highest BCUT2D eigenvalue weighted by Gasteiger charge is 2.12. The van der Waals surface area contributed by atoms with Gasteiger partial charge in [-0.05, 0) is 36.8 Å². The summed E-state index contributed by atoms with van der Waals surface area (Å²) < 4.78 is 0. The Morgan fingerprint density at radius 1 is 1.40 bits per heavy atom. The van der Waals surface area contributed by atoms with Crippen molar-refractivity contribution in [1.29, 1.82) is 0 Å². The fourth-order valence-electron chi connectivity index (χ4n) is 1.53. The molecular weight excluding hydrogens is 186 g/mol. The van der Waals surface area contributed by atoms with Crippen LogP contribution in [0.4, 0.5) is 0 Å². The van der Waals surface area contributed by atoms with Gasteiger partial charge in [-0.3, -0.25) is 0 Å². The molecule has 0 aliphatic heterocycles. The van der Waals surface area contributed by atoms with Gasteiger partial charge in [0.05, 0.1) is 6.10 Å². The van der Waals surface area contributed by atoms with Crippen LogP contribution < -0.4 is 5.73 Å².